The molecular weight excluding hydrogens is 289 g/mol. The highest BCUT2D eigenvalue weighted by Gasteiger charge is 2.07. The molecule has 0 aliphatic carbocycles. The van der Waals surface area contributed by atoms with E-state index in [2.05, 4.69) is 27.0 Å². The van der Waals surface area contributed by atoms with Gasteiger partial charge in [0.15, 0.2) is 0 Å². The molecule has 1 aromatic heterocycles. The van der Waals surface area contributed by atoms with Crippen LogP contribution in [0.3, 0.4) is 0 Å². The summed E-state index contributed by atoms with van der Waals surface area (Å²) in [5, 5.41) is 1.69. The van der Waals surface area contributed by atoms with E-state index in [1.807, 2.05) is 12.1 Å². The van der Waals surface area contributed by atoms with Crippen LogP contribution in [0, 0.1) is 0 Å². The van der Waals surface area contributed by atoms with Crippen molar-refractivity contribution in [2.75, 3.05) is 13.7 Å². The summed E-state index contributed by atoms with van der Waals surface area (Å²) < 4.78 is 5.90. The van der Waals surface area contributed by atoms with Gasteiger partial charge in [0, 0.05) is 18.7 Å². The van der Waals surface area contributed by atoms with Gasteiger partial charge in [0.1, 0.15) is 0 Å². The first kappa shape index (κ1) is 11.8. The average Bonchev–Trinajstić information content (AvgIpc) is 2.31. The Hall–Kier alpha value is -0.640. The van der Waals surface area contributed by atoms with Crippen LogP contribution in [0.1, 0.15) is 5.56 Å². The molecule has 0 amide bonds. The molecule has 0 fully saturated rings. The molecule has 2 aromatic rings. The van der Waals surface area contributed by atoms with E-state index in [4.69, 9.17) is 16.3 Å². The summed E-state index contributed by atoms with van der Waals surface area (Å²) in [6, 6.07) is 6.03. The first-order valence-corrected chi connectivity index (χ1v) is 6.11. The zero-order valence-electron chi connectivity index (χ0n) is 8.84. The summed E-state index contributed by atoms with van der Waals surface area (Å²) in [6.07, 6.45) is 2.58. The van der Waals surface area contributed by atoms with Crippen molar-refractivity contribution in [3.63, 3.8) is 0 Å². The maximum absolute atomic E-state index is 6.21. The Morgan fingerprint density at radius 1 is 1.44 bits per heavy atom. The van der Waals surface area contributed by atoms with Crippen molar-refractivity contribution in [3.05, 3.63) is 39.5 Å². The number of fused-ring (bicyclic) bond motifs is 1. The lowest BCUT2D eigenvalue weighted by Crippen LogP contribution is -1.96. The fourth-order valence-corrected chi connectivity index (χ4v) is 2.16. The van der Waals surface area contributed by atoms with Crippen LogP contribution < -0.4 is 0 Å². The van der Waals surface area contributed by atoms with Gasteiger partial charge in [-0.25, -0.2) is 0 Å². The van der Waals surface area contributed by atoms with E-state index < -0.39 is 0 Å². The summed E-state index contributed by atoms with van der Waals surface area (Å²) in [6.45, 7) is 0.689. The Labute approximate surface area is 108 Å². The number of methoxy groups -OCH3 is 1. The molecule has 2 nitrogen and oxygen atoms in total. The van der Waals surface area contributed by atoms with E-state index in [0.29, 0.717) is 11.6 Å². The van der Waals surface area contributed by atoms with Gasteiger partial charge in [-0.1, -0.05) is 29.8 Å². The van der Waals surface area contributed by atoms with Crippen LogP contribution in [0.25, 0.3) is 10.9 Å². The van der Waals surface area contributed by atoms with Crippen LogP contribution in [-0.4, -0.2) is 18.7 Å². The number of rotatable bonds is 3. The predicted octanol–water partition coefficient (Wildman–Crippen LogP) is 3.84. The number of pyridine rings is 1. The second-order valence-corrected chi connectivity index (χ2v) is 4.71. The molecule has 0 unspecified atom stereocenters. The molecule has 16 heavy (non-hydrogen) atoms. The molecule has 0 saturated carbocycles. The van der Waals surface area contributed by atoms with Gasteiger partial charge in [-0.2, -0.15) is 0 Å². The quantitative estimate of drug-likeness (QED) is 0.859. The first-order valence-electron chi connectivity index (χ1n) is 4.94. The highest BCUT2D eigenvalue weighted by Crippen LogP contribution is 2.30. The molecular formula is C12H11BrClNO. The van der Waals surface area contributed by atoms with E-state index in [1.54, 1.807) is 13.3 Å². The second kappa shape index (κ2) is 5.13. The van der Waals surface area contributed by atoms with Crippen LogP contribution in [-0.2, 0) is 11.2 Å². The number of benzene rings is 1. The lowest BCUT2D eigenvalue weighted by Gasteiger charge is -2.07. The van der Waals surface area contributed by atoms with Gasteiger partial charge in [0.2, 0.25) is 0 Å². The molecule has 0 radical (unpaired) electrons. The highest BCUT2D eigenvalue weighted by molar-refractivity contribution is 9.10. The number of nitrogens with zero attached hydrogens (tertiary/aromatic N) is 1. The maximum atomic E-state index is 6.21. The monoisotopic (exact) mass is 299 g/mol. The number of hydrogen-bond donors (Lipinski definition) is 0. The first-order chi connectivity index (χ1) is 7.74. The topological polar surface area (TPSA) is 22.1 Å². The third-order valence-electron chi connectivity index (χ3n) is 2.45. The van der Waals surface area contributed by atoms with Crippen LogP contribution in [0.15, 0.2) is 28.9 Å². The Morgan fingerprint density at radius 2 is 2.25 bits per heavy atom. The van der Waals surface area contributed by atoms with E-state index in [1.165, 1.54) is 0 Å². The van der Waals surface area contributed by atoms with Gasteiger partial charge in [-0.05, 0) is 27.9 Å². The van der Waals surface area contributed by atoms with Crippen molar-refractivity contribution in [1.29, 1.82) is 0 Å². The van der Waals surface area contributed by atoms with Gasteiger partial charge < -0.3 is 4.74 Å². The zero-order chi connectivity index (χ0) is 11.5. The maximum Gasteiger partial charge on any atom is 0.0750 e. The lowest BCUT2D eigenvalue weighted by molar-refractivity contribution is 0.202. The lowest BCUT2D eigenvalue weighted by atomic mass is 10.1. The molecule has 0 aliphatic rings. The third-order valence-corrected chi connectivity index (χ3v) is 3.68. The van der Waals surface area contributed by atoms with E-state index >= 15 is 0 Å². The minimum atomic E-state index is 0.689. The van der Waals surface area contributed by atoms with Gasteiger partial charge >= 0.3 is 0 Å². The molecule has 0 N–H and O–H groups in total. The molecule has 0 saturated heterocycles. The number of ether oxygens (including phenoxy) is 1. The number of para-hydroxylation sites is 1. The molecule has 2 rings (SSSR count). The fraction of sp³-hybridized carbons (Fsp3) is 0.250. The molecule has 4 heteroatoms. The van der Waals surface area contributed by atoms with Crippen molar-refractivity contribution in [2.45, 2.75) is 6.42 Å². The summed E-state index contributed by atoms with van der Waals surface area (Å²) in [5.41, 5.74) is 2.11. The Kier molecular flexibility index (Phi) is 3.79. The molecule has 1 aromatic carbocycles. The molecule has 0 spiro atoms. The number of hydrogen-bond acceptors (Lipinski definition) is 2. The summed E-state index contributed by atoms with van der Waals surface area (Å²) in [7, 11) is 1.70. The Balaban J connectivity index is 2.56. The Bertz CT molecular complexity index is 516. The van der Waals surface area contributed by atoms with Gasteiger partial charge in [0.25, 0.3) is 0 Å². The minimum absolute atomic E-state index is 0.689. The third kappa shape index (κ3) is 2.21. The molecule has 84 valence electrons. The summed E-state index contributed by atoms with van der Waals surface area (Å²) in [5.74, 6) is 0. The van der Waals surface area contributed by atoms with Crippen molar-refractivity contribution in [2.24, 2.45) is 0 Å². The highest BCUT2D eigenvalue weighted by atomic mass is 79.9. The summed E-state index contributed by atoms with van der Waals surface area (Å²) >= 11 is 9.59. The zero-order valence-corrected chi connectivity index (χ0v) is 11.2. The van der Waals surface area contributed by atoms with Crippen LogP contribution in [0.4, 0.5) is 0 Å². The molecule has 0 aliphatic heterocycles. The van der Waals surface area contributed by atoms with Gasteiger partial charge in [-0.3, -0.25) is 4.98 Å². The van der Waals surface area contributed by atoms with Crippen LogP contribution in [0.2, 0.25) is 5.02 Å². The van der Waals surface area contributed by atoms with E-state index in [-0.39, 0.29) is 0 Å². The fourth-order valence-electron chi connectivity index (χ4n) is 1.64. The molecule has 1 heterocycles. The standard InChI is InChI=1S/C12H11BrClNO/c1-16-6-5-8-3-2-4-9-11(14)10(13)7-15-12(8)9/h2-4,7H,5-6H2,1H3. The molecule has 0 atom stereocenters. The normalized spacial score (nSPS) is 10.9. The van der Waals surface area contributed by atoms with Crippen LogP contribution >= 0.6 is 27.5 Å². The Morgan fingerprint density at radius 3 is 3.00 bits per heavy atom. The van der Waals surface area contributed by atoms with E-state index in [9.17, 15) is 0 Å². The average molecular weight is 301 g/mol. The van der Waals surface area contributed by atoms with Crippen LogP contribution in [0.5, 0.6) is 0 Å². The predicted molar refractivity (Wildman–Crippen MR) is 70.0 cm³/mol. The van der Waals surface area contributed by atoms with Gasteiger partial charge in [-0.15, -0.1) is 0 Å². The summed E-state index contributed by atoms with van der Waals surface area (Å²) in [4.78, 5) is 4.41. The van der Waals surface area contributed by atoms with Crippen molar-refractivity contribution < 1.29 is 4.74 Å². The van der Waals surface area contributed by atoms with Gasteiger partial charge in [0.05, 0.1) is 21.6 Å². The largest absolute Gasteiger partial charge is 0.384 e. The minimum Gasteiger partial charge on any atom is -0.384 e. The van der Waals surface area contributed by atoms with Crippen molar-refractivity contribution in [1.82, 2.24) is 4.98 Å². The van der Waals surface area contributed by atoms with Crippen molar-refractivity contribution in [3.8, 4) is 0 Å². The second-order valence-electron chi connectivity index (χ2n) is 3.48. The smallest absolute Gasteiger partial charge is 0.0750 e. The molecule has 0 bridgehead atoms. The number of halogens is 2. The SMILES string of the molecule is COCCc1cccc2c(Cl)c(Br)cnc12. The van der Waals surface area contributed by atoms with E-state index in [0.717, 1.165) is 27.4 Å². The van der Waals surface area contributed by atoms with Crippen molar-refractivity contribution >= 4 is 38.4 Å². The number of aromatic nitrogens is 1.